The van der Waals surface area contributed by atoms with Crippen LogP contribution in [-0.2, 0) is 4.79 Å². The number of aromatic carboxylic acids is 1. The van der Waals surface area contributed by atoms with Crippen LogP contribution < -0.4 is 14.8 Å². The van der Waals surface area contributed by atoms with Gasteiger partial charge in [0.05, 0.1) is 12.2 Å². The monoisotopic (exact) mass is 293 g/mol. The van der Waals surface area contributed by atoms with Crippen LogP contribution in [0.3, 0.4) is 0 Å². The molecule has 1 saturated heterocycles. The van der Waals surface area contributed by atoms with E-state index in [2.05, 4.69) is 5.32 Å². The van der Waals surface area contributed by atoms with Gasteiger partial charge in [0.15, 0.2) is 17.6 Å². The predicted molar refractivity (Wildman–Crippen MR) is 75.8 cm³/mol. The quantitative estimate of drug-likeness (QED) is 0.865. The van der Waals surface area contributed by atoms with Crippen LogP contribution in [0.4, 0.5) is 0 Å². The highest BCUT2D eigenvalue weighted by atomic mass is 16.5. The minimum absolute atomic E-state index is 0.121. The Morgan fingerprint density at radius 2 is 2.19 bits per heavy atom. The third-order valence-corrected chi connectivity index (χ3v) is 3.24. The first-order valence-corrected chi connectivity index (χ1v) is 7.06. The maximum atomic E-state index is 11.9. The average molecular weight is 293 g/mol. The highest BCUT2D eigenvalue weighted by Crippen LogP contribution is 2.30. The first-order valence-electron chi connectivity index (χ1n) is 7.06. The number of amides is 1. The molecule has 6 nitrogen and oxygen atoms in total. The highest BCUT2D eigenvalue weighted by molar-refractivity contribution is 5.88. The van der Waals surface area contributed by atoms with E-state index in [9.17, 15) is 9.59 Å². The van der Waals surface area contributed by atoms with Gasteiger partial charge in [-0.25, -0.2) is 4.79 Å². The molecule has 1 amide bonds. The van der Waals surface area contributed by atoms with Crippen LogP contribution in [0.5, 0.6) is 11.5 Å². The van der Waals surface area contributed by atoms with Gasteiger partial charge in [-0.05, 0) is 44.4 Å². The van der Waals surface area contributed by atoms with Gasteiger partial charge in [0.25, 0.3) is 5.91 Å². The van der Waals surface area contributed by atoms with E-state index in [1.165, 1.54) is 18.2 Å². The minimum Gasteiger partial charge on any atom is -0.490 e. The number of rotatable bonds is 5. The SMILES string of the molecule is CCOc1cc(C(=O)O)ccc1OC1CCCCNC1=O. The van der Waals surface area contributed by atoms with Gasteiger partial charge in [-0.1, -0.05) is 0 Å². The van der Waals surface area contributed by atoms with E-state index >= 15 is 0 Å². The molecule has 1 aliphatic heterocycles. The molecule has 1 fully saturated rings. The molecule has 1 unspecified atom stereocenters. The van der Waals surface area contributed by atoms with Crippen molar-refractivity contribution in [1.82, 2.24) is 5.32 Å². The van der Waals surface area contributed by atoms with Crippen molar-refractivity contribution in [3.63, 3.8) is 0 Å². The van der Waals surface area contributed by atoms with Crippen molar-refractivity contribution in [2.45, 2.75) is 32.3 Å². The van der Waals surface area contributed by atoms with Crippen LogP contribution in [0.1, 0.15) is 36.5 Å². The second kappa shape index (κ2) is 6.97. The lowest BCUT2D eigenvalue weighted by Crippen LogP contribution is -2.36. The zero-order valence-corrected chi connectivity index (χ0v) is 11.9. The van der Waals surface area contributed by atoms with Crippen molar-refractivity contribution in [3.8, 4) is 11.5 Å². The van der Waals surface area contributed by atoms with Gasteiger partial charge in [-0.3, -0.25) is 4.79 Å². The first-order chi connectivity index (χ1) is 10.1. The van der Waals surface area contributed by atoms with Crippen LogP contribution in [0.15, 0.2) is 18.2 Å². The van der Waals surface area contributed by atoms with E-state index in [0.29, 0.717) is 31.1 Å². The second-order valence-corrected chi connectivity index (χ2v) is 4.79. The van der Waals surface area contributed by atoms with Crippen LogP contribution >= 0.6 is 0 Å². The summed E-state index contributed by atoms with van der Waals surface area (Å²) in [6.45, 7) is 2.85. The summed E-state index contributed by atoms with van der Waals surface area (Å²) in [5, 5.41) is 11.8. The van der Waals surface area contributed by atoms with Gasteiger partial charge in [0, 0.05) is 6.54 Å². The number of ether oxygens (including phenoxy) is 2. The third kappa shape index (κ3) is 3.87. The van der Waals surface area contributed by atoms with E-state index in [0.717, 1.165) is 12.8 Å². The van der Waals surface area contributed by atoms with E-state index in [1.807, 2.05) is 0 Å². The number of nitrogens with one attached hydrogen (secondary N) is 1. The Labute approximate surface area is 123 Å². The first kappa shape index (κ1) is 15.2. The van der Waals surface area contributed by atoms with E-state index < -0.39 is 12.1 Å². The molecule has 2 rings (SSSR count). The molecule has 1 aliphatic rings. The lowest BCUT2D eigenvalue weighted by Gasteiger charge is -2.18. The predicted octanol–water partition coefficient (Wildman–Crippen LogP) is 1.83. The van der Waals surface area contributed by atoms with Gasteiger partial charge < -0.3 is 19.9 Å². The fourth-order valence-electron chi connectivity index (χ4n) is 2.18. The van der Waals surface area contributed by atoms with E-state index in [4.69, 9.17) is 14.6 Å². The van der Waals surface area contributed by atoms with Gasteiger partial charge in [0.1, 0.15) is 0 Å². The highest BCUT2D eigenvalue weighted by Gasteiger charge is 2.24. The van der Waals surface area contributed by atoms with Crippen molar-refractivity contribution in [2.24, 2.45) is 0 Å². The van der Waals surface area contributed by atoms with Gasteiger partial charge in [-0.15, -0.1) is 0 Å². The molecule has 0 bridgehead atoms. The molecule has 21 heavy (non-hydrogen) atoms. The number of carbonyl (C=O) groups is 2. The molecule has 2 N–H and O–H groups in total. The Bertz CT molecular complexity index is 529. The molecule has 1 atom stereocenters. The molecule has 0 saturated carbocycles. The lowest BCUT2D eigenvalue weighted by molar-refractivity contribution is -0.127. The Balaban J connectivity index is 2.21. The molecule has 1 aromatic carbocycles. The average Bonchev–Trinajstić information content (AvgIpc) is 2.66. The van der Waals surface area contributed by atoms with Crippen molar-refractivity contribution in [1.29, 1.82) is 0 Å². The zero-order valence-electron chi connectivity index (χ0n) is 11.9. The smallest absolute Gasteiger partial charge is 0.335 e. The number of carbonyl (C=O) groups excluding carboxylic acids is 1. The lowest BCUT2D eigenvalue weighted by atomic mass is 10.1. The van der Waals surface area contributed by atoms with Gasteiger partial charge >= 0.3 is 5.97 Å². The summed E-state index contributed by atoms with van der Waals surface area (Å²) >= 11 is 0. The number of carboxylic acid groups (broad SMARTS) is 1. The van der Waals surface area contributed by atoms with Crippen molar-refractivity contribution < 1.29 is 24.2 Å². The summed E-state index contributed by atoms with van der Waals surface area (Å²) in [6, 6.07) is 4.39. The standard InChI is InChI=1S/C15H19NO5/c1-2-20-13-9-10(15(18)19)6-7-11(13)21-12-5-3-4-8-16-14(12)17/h6-7,9,12H,2-5,8H2,1H3,(H,16,17)(H,18,19). The van der Waals surface area contributed by atoms with Crippen molar-refractivity contribution in [2.75, 3.05) is 13.2 Å². The zero-order chi connectivity index (χ0) is 15.2. The van der Waals surface area contributed by atoms with Crippen molar-refractivity contribution >= 4 is 11.9 Å². The maximum Gasteiger partial charge on any atom is 0.335 e. The molecule has 0 aliphatic carbocycles. The van der Waals surface area contributed by atoms with Gasteiger partial charge in [0.2, 0.25) is 0 Å². The van der Waals surface area contributed by atoms with Crippen LogP contribution in [0, 0.1) is 0 Å². The van der Waals surface area contributed by atoms with Crippen LogP contribution in [-0.4, -0.2) is 36.2 Å². The third-order valence-electron chi connectivity index (χ3n) is 3.24. The van der Waals surface area contributed by atoms with Crippen LogP contribution in [0.2, 0.25) is 0 Å². The number of carboxylic acids is 1. The topological polar surface area (TPSA) is 84.9 Å². The Hall–Kier alpha value is -2.24. The molecule has 1 aromatic rings. The molecule has 0 spiro atoms. The Morgan fingerprint density at radius 1 is 1.38 bits per heavy atom. The Kier molecular flexibility index (Phi) is 5.03. The molecule has 1 heterocycles. The van der Waals surface area contributed by atoms with Gasteiger partial charge in [-0.2, -0.15) is 0 Å². The number of benzene rings is 1. The number of hydrogen-bond donors (Lipinski definition) is 2. The summed E-state index contributed by atoms with van der Waals surface area (Å²) in [4.78, 5) is 22.9. The molecular weight excluding hydrogens is 274 g/mol. The molecule has 6 heteroatoms. The Morgan fingerprint density at radius 3 is 2.90 bits per heavy atom. The maximum absolute atomic E-state index is 11.9. The van der Waals surface area contributed by atoms with Crippen molar-refractivity contribution in [3.05, 3.63) is 23.8 Å². The fourth-order valence-corrected chi connectivity index (χ4v) is 2.18. The number of hydrogen-bond acceptors (Lipinski definition) is 4. The normalized spacial score (nSPS) is 18.5. The largest absolute Gasteiger partial charge is 0.490 e. The summed E-state index contributed by atoms with van der Waals surface area (Å²) in [5.41, 5.74) is 0.121. The van der Waals surface area contributed by atoms with E-state index in [1.54, 1.807) is 6.92 Å². The summed E-state index contributed by atoms with van der Waals surface area (Å²) in [7, 11) is 0. The summed E-state index contributed by atoms with van der Waals surface area (Å²) < 4.78 is 11.2. The molecule has 0 aromatic heterocycles. The molecule has 0 radical (unpaired) electrons. The minimum atomic E-state index is -1.03. The van der Waals surface area contributed by atoms with Crippen LogP contribution in [0.25, 0.3) is 0 Å². The van der Waals surface area contributed by atoms with E-state index in [-0.39, 0.29) is 11.5 Å². The second-order valence-electron chi connectivity index (χ2n) is 4.79. The summed E-state index contributed by atoms with van der Waals surface area (Å²) in [6.07, 6.45) is 1.91. The summed E-state index contributed by atoms with van der Waals surface area (Å²) in [5.74, 6) is -0.440. The molecule has 114 valence electrons. The fraction of sp³-hybridized carbons (Fsp3) is 0.467. The molecular formula is C15H19NO5.